The molecule has 5 rings (SSSR count). The fourth-order valence-electron chi connectivity index (χ4n) is 3.61. The maximum Gasteiger partial charge on any atom is 0.265 e. The van der Waals surface area contributed by atoms with Gasteiger partial charge in [-0.3, -0.25) is 4.79 Å². The largest absolute Gasteiger partial charge is 0.494 e. The molecule has 1 amide bonds. The third-order valence-electron chi connectivity index (χ3n) is 5.16. The second-order valence-corrected chi connectivity index (χ2v) is 9.26. The van der Waals surface area contributed by atoms with Crippen molar-refractivity contribution in [2.75, 3.05) is 38.2 Å². The van der Waals surface area contributed by atoms with Crippen molar-refractivity contribution in [1.29, 1.82) is 0 Å². The van der Waals surface area contributed by atoms with Gasteiger partial charge in [-0.25, -0.2) is 4.98 Å². The number of thiophene rings is 1. The van der Waals surface area contributed by atoms with Gasteiger partial charge in [0.2, 0.25) is 0 Å². The molecule has 4 aromatic rings. The third kappa shape index (κ3) is 3.23. The van der Waals surface area contributed by atoms with Crippen LogP contribution in [0, 0.1) is 0 Å². The number of benzene rings is 2. The average Bonchev–Trinajstić information content (AvgIpc) is 3.35. The highest BCUT2D eigenvalue weighted by molar-refractivity contribution is 7.22. The van der Waals surface area contributed by atoms with Gasteiger partial charge in [0.1, 0.15) is 16.1 Å². The molecule has 3 heterocycles. The molecule has 0 atom stereocenters. The van der Waals surface area contributed by atoms with E-state index in [1.54, 1.807) is 18.4 Å². The van der Waals surface area contributed by atoms with Crippen LogP contribution >= 0.6 is 34.3 Å². The Morgan fingerprint density at radius 2 is 1.79 bits per heavy atom. The number of para-hydroxylation sites is 1. The second kappa shape index (κ2) is 7.48. The fourth-order valence-corrected chi connectivity index (χ4v) is 6.12. The Morgan fingerprint density at radius 3 is 2.55 bits per heavy atom. The van der Waals surface area contributed by atoms with Gasteiger partial charge in [0, 0.05) is 36.3 Å². The van der Waals surface area contributed by atoms with Crippen molar-refractivity contribution in [2.45, 2.75) is 0 Å². The summed E-state index contributed by atoms with van der Waals surface area (Å²) < 4.78 is 7.57. The summed E-state index contributed by atoms with van der Waals surface area (Å²) >= 11 is 9.63. The highest BCUT2D eigenvalue weighted by atomic mass is 35.5. The lowest BCUT2D eigenvalue weighted by Gasteiger charge is -2.34. The van der Waals surface area contributed by atoms with Crippen LogP contribution in [0.1, 0.15) is 9.67 Å². The summed E-state index contributed by atoms with van der Waals surface area (Å²) in [6.45, 7) is 2.79. The number of thiazole rings is 1. The van der Waals surface area contributed by atoms with Crippen LogP contribution in [0.5, 0.6) is 5.75 Å². The highest BCUT2D eigenvalue weighted by Gasteiger charge is 2.27. The summed E-state index contributed by atoms with van der Waals surface area (Å²) in [6, 6.07) is 13.8. The molecule has 2 aromatic carbocycles. The summed E-state index contributed by atoms with van der Waals surface area (Å²) in [5.41, 5.74) is 0.894. The van der Waals surface area contributed by atoms with Crippen LogP contribution in [0.15, 0.2) is 42.5 Å². The molecule has 1 fully saturated rings. The minimum atomic E-state index is 0.0156. The number of hydrogen-bond donors (Lipinski definition) is 0. The van der Waals surface area contributed by atoms with Crippen LogP contribution in [-0.4, -0.2) is 49.1 Å². The van der Waals surface area contributed by atoms with Crippen molar-refractivity contribution in [2.24, 2.45) is 0 Å². The van der Waals surface area contributed by atoms with E-state index in [9.17, 15) is 4.79 Å². The Labute approximate surface area is 181 Å². The van der Waals surface area contributed by atoms with Gasteiger partial charge in [-0.2, -0.15) is 0 Å². The minimum absolute atomic E-state index is 0.0156. The number of piperazine rings is 1. The van der Waals surface area contributed by atoms with Crippen LogP contribution in [0.2, 0.25) is 5.02 Å². The number of amides is 1. The summed E-state index contributed by atoms with van der Waals surface area (Å²) in [6.07, 6.45) is 0. The number of methoxy groups -OCH3 is 1. The second-order valence-electron chi connectivity index (χ2n) is 6.82. The first-order valence-electron chi connectivity index (χ1n) is 9.30. The zero-order valence-electron chi connectivity index (χ0n) is 15.7. The lowest BCUT2D eigenvalue weighted by molar-refractivity contribution is 0.0752. The van der Waals surface area contributed by atoms with Crippen LogP contribution in [-0.2, 0) is 0 Å². The lowest BCUT2D eigenvalue weighted by atomic mass is 10.2. The fraction of sp³-hybridized carbons (Fsp3) is 0.238. The first-order valence-corrected chi connectivity index (χ1v) is 11.3. The van der Waals surface area contributed by atoms with E-state index in [-0.39, 0.29) is 5.91 Å². The van der Waals surface area contributed by atoms with Crippen LogP contribution in [0.25, 0.3) is 20.3 Å². The van der Waals surface area contributed by atoms with Gasteiger partial charge in [0.05, 0.1) is 16.8 Å². The topological polar surface area (TPSA) is 45.7 Å². The normalized spacial score (nSPS) is 14.7. The standard InChI is InChI=1S/C21H18ClN3O2S2/c1-27-14-6-4-8-16-18(14)23-21(29-16)25-11-9-24(10-12-25)20(26)19-17(22)13-5-2-3-7-15(13)28-19/h2-8H,9-12H2,1H3. The molecule has 0 N–H and O–H groups in total. The van der Waals surface area contributed by atoms with Crippen LogP contribution < -0.4 is 9.64 Å². The molecule has 0 bridgehead atoms. The van der Waals surface area contributed by atoms with Gasteiger partial charge < -0.3 is 14.5 Å². The number of carbonyl (C=O) groups excluding carboxylic acids is 1. The first-order chi connectivity index (χ1) is 14.2. The van der Waals surface area contributed by atoms with Crippen molar-refractivity contribution >= 4 is 65.6 Å². The molecule has 2 aromatic heterocycles. The third-order valence-corrected chi connectivity index (χ3v) is 7.90. The first kappa shape index (κ1) is 18.7. The van der Waals surface area contributed by atoms with E-state index in [0.717, 1.165) is 44.3 Å². The molecule has 0 saturated carbocycles. The lowest BCUT2D eigenvalue weighted by Crippen LogP contribution is -2.48. The van der Waals surface area contributed by atoms with Crippen LogP contribution in [0.3, 0.4) is 0 Å². The van der Waals surface area contributed by atoms with Gasteiger partial charge in [-0.15, -0.1) is 11.3 Å². The average molecular weight is 444 g/mol. The van der Waals surface area contributed by atoms with E-state index >= 15 is 0 Å². The molecule has 1 aliphatic rings. The van der Waals surface area contributed by atoms with Crippen molar-refractivity contribution < 1.29 is 9.53 Å². The molecule has 29 heavy (non-hydrogen) atoms. The summed E-state index contributed by atoms with van der Waals surface area (Å²) in [5, 5.41) is 2.48. The molecule has 1 saturated heterocycles. The Bertz CT molecular complexity index is 1210. The number of anilines is 1. The molecule has 0 spiro atoms. The van der Waals surface area contributed by atoms with Gasteiger partial charge >= 0.3 is 0 Å². The van der Waals surface area contributed by atoms with E-state index in [2.05, 4.69) is 11.0 Å². The SMILES string of the molecule is COc1cccc2sc(N3CCN(C(=O)c4sc5ccccc5c4Cl)CC3)nc12. The van der Waals surface area contributed by atoms with Crippen molar-refractivity contribution in [3.8, 4) is 5.75 Å². The number of fused-ring (bicyclic) bond motifs is 2. The van der Waals surface area contributed by atoms with Crippen molar-refractivity contribution in [1.82, 2.24) is 9.88 Å². The monoisotopic (exact) mass is 443 g/mol. The Morgan fingerprint density at radius 1 is 1.03 bits per heavy atom. The predicted molar refractivity (Wildman–Crippen MR) is 121 cm³/mol. The van der Waals surface area contributed by atoms with E-state index in [0.29, 0.717) is 23.0 Å². The molecule has 0 unspecified atom stereocenters. The molecule has 1 aliphatic heterocycles. The number of hydrogen-bond acceptors (Lipinski definition) is 6. The number of aromatic nitrogens is 1. The van der Waals surface area contributed by atoms with E-state index in [4.69, 9.17) is 21.3 Å². The summed E-state index contributed by atoms with van der Waals surface area (Å²) in [5.74, 6) is 0.806. The quantitative estimate of drug-likeness (QED) is 0.440. The van der Waals surface area contributed by atoms with Crippen molar-refractivity contribution in [3.63, 3.8) is 0 Å². The van der Waals surface area contributed by atoms with Gasteiger partial charge in [0.25, 0.3) is 5.91 Å². The smallest absolute Gasteiger partial charge is 0.265 e. The van der Waals surface area contributed by atoms with Crippen LogP contribution in [0.4, 0.5) is 5.13 Å². The number of nitrogens with zero attached hydrogens (tertiary/aromatic N) is 3. The maximum atomic E-state index is 13.1. The Hall–Kier alpha value is -2.35. The molecule has 8 heteroatoms. The van der Waals surface area contributed by atoms with E-state index in [1.165, 1.54) is 11.3 Å². The highest BCUT2D eigenvalue weighted by Crippen LogP contribution is 2.37. The molecular weight excluding hydrogens is 426 g/mol. The number of ether oxygens (including phenoxy) is 1. The minimum Gasteiger partial charge on any atom is -0.494 e. The summed E-state index contributed by atoms with van der Waals surface area (Å²) in [4.78, 5) is 22.6. The molecule has 0 aliphatic carbocycles. The molecule has 5 nitrogen and oxygen atoms in total. The Balaban J connectivity index is 1.33. The number of carbonyl (C=O) groups is 1. The van der Waals surface area contributed by atoms with E-state index in [1.807, 2.05) is 41.3 Å². The molecular formula is C21H18ClN3O2S2. The van der Waals surface area contributed by atoms with E-state index < -0.39 is 0 Å². The van der Waals surface area contributed by atoms with Gasteiger partial charge in [0.15, 0.2) is 5.13 Å². The number of halogens is 1. The van der Waals surface area contributed by atoms with Gasteiger partial charge in [-0.1, -0.05) is 47.2 Å². The summed E-state index contributed by atoms with van der Waals surface area (Å²) in [7, 11) is 1.66. The van der Waals surface area contributed by atoms with Gasteiger partial charge in [-0.05, 0) is 18.2 Å². The molecule has 0 radical (unpaired) electrons. The Kier molecular flexibility index (Phi) is 4.81. The molecule has 148 valence electrons. The predicted octanol–water partition coefficient (Wildman–Crippen LogP) is 5.14. The van der Waals surface area contributed by atoms with Crippen molar-refractivity contribution in [3.05, 3.63) is 52.4 Å². The zero-order valence-corrected chi connectivity index (χ0v) is 18.1. The zero-order chi connectivity index (χ0) is 20.0. The number of rotatable bonds is 3. The maximum absolute atomic E-state index is 13.1.